The van der Waals surface area contributed by atoms with Crippen molar-refractivity contribution in [2.24, 2.45) is 5.92 Å². The van der Waals surface area contributed by atoms with E-state index in [9.17, 15) is 29.3 Å². The molecule has 1 aromatic carbocycles. The molecule has 1 aliphatic heterocycles. The molecule has 0 bridgehead atoms. The van der Waals surface area contributed by atoms with E-state index in [0.717, 1.165) is 19.1 Å². The molecule has 1 unspecified atom stereocenters. The molecule has 2 amide bonds. The van der Waals surface area contributed by atoms with Gasteiger partial charge in [-0.1, -0.05) is 0 Å². The molecule has 1 heterocycles. The first-order valence-electron chi connectivity index (χ1n) is 11.8. The monoisotopic (exact) mass is 523 g/mol. The van der Waals surface area contributed by atoms with Crippen LogP contribution in [0.15, 0.2) is 18.2 Å². The lowest BCUT2D eigenvalue weighted by atomic mass is 10.0. The van der Waals surface area contributed by atoms with Crippen LogP contribution in [0.1, 0.15) is 64.7 Å². The molecule has 1 N–H and O–H groups in total. The van der Waals surface area contributed by atoms with Crippen molar-refractivity contribution in [3.63, 3.8) is 0 Å². The number of likely N-dealkylation sites (tertiary alicyclic amines) is 1. The minimum atomic E-state index is -1.55. The summed E-state index contributed by atoms with van der Waals surface area (Å²) in [4.78, 5) is 71.7. The maximum Gasteiger partial charge on any atom is 0.410 e. The second-order valence-electron chi connectivity index (χ2n) is 10.0. The van der Waals surface area contributed by atoms with Crippen LogP contribution in [0.2, 0.25) is 0 Å². The molecular weight excluding hydrogens is 490 g/mol. The number of hydrogen-bond acceptors (Lipinski definition) is 9. The number of benzene rings is 1. The van der Waals surface area contributed by atoms with Gasteiger partial charge in [-0.25, -0.2) is 14.5 Å². The van der Waals surface area contributed by atoms with Gasteiger partial charge < -0.3 is 19.6 Å². The van der Waals surface area contributed by atoms with E-state index in [1.807, 2.05) is 0 Å². The first-order chi connectivity index (χ1) is 17.1. The summed E-state index contributed by atoms with van der Waals surface area (Å²) in [5, 5.41) is 20.5. The lowest BCUT2D eigenvalue weighted by Crippen LogP contribution is -2.54. The Morgan fingerprint density at radius 1 is 1.19 bits per heavy atom. The van der Waals surface area contributed by atoms with E-state index in [1.54, 1.807) is 44.4 Å². The zero-order chi connectivity index (χ0) is 28.1. The Hall–Kier alpha value is -3.90. The second-order valence-corrected chi connectivity index (χ2v) is 10.0. The lowest BCUT2D eigenvalue weighted by molar-refractivity contribution is -0.388. The van der Waals surface area contributed by atoms with Crippen molar-refractivity contribution in [1.29, 1.82) is 0 Å². The predicted molar refractivity (Wildman–Crippen MR) is 129 cm³/mol. The number of ether oxygens (including phenoxy) is 1. The van der Waals surface area contributed by atoms with Crippen molar-refractivity contribution in [1.82, 2.24) is 9.80 Å². The molecule has 0 saturated carbocycles. The number of amides is 2. The summed E-state index contributed by atoms with van der Waals surface area (Å²) >= 11 is 0. The Kier molecular flexibility index (Phi) is 9.43. The average molecular weight is 524 g/mol. The Balaban J connectivity index is 2.25. The maximum atomic E-state index is 13.5. The molecule has 1 aliphatic rings. The van der Waals surface area contributed by atoms with Crippen LogP contribution in [-0.2, 0) is 19.2 Å². The van der Waals surface area contributed by atoms with E-state index in [-0.39, 0.29) is 24.2 Å². The maximum absolute atomic E-state index is 13.5. The molecule has 13 heteroatoms. The van der Waals surface area contributed by atoms with Gasteiger partial charge >= 0.3 is 23.7 Å². The van der Waals surface area contributed by atoms with Crippen molar-refractivity contribution >= 4 is 29.6 Å². The van der Waals surface area contributed by atoms with Gasteiger partial charge in [0, 0.05) is 30.8 Å². The Morgan fingerprint density at radius 3 is 2.38 bits per heavy atom. The van der Waals surface area contributed by atoms with E-state index in [1.165, 1.54) is 6.07 Å². The van der Waals surface area contributed by atoms with Crippen LogP contribution in [-0.4, -0.2) is 74.5 Å². The van der Waals surface area contributed by atoms with Crippen molar-refractivity contribution in [3.8, 4) is 5.75 Å². The Bertz CT molecular complexity index is 1050. The van der Waals surface area contributed by atoms with E-state index >= 15 is 0 Å². The number of carboxylic acid groups (broad SMARTS) is 1. The quantitative estimate of drug-likeness (QED) is 0.231. The first-order valence-corrected chi connectivity index (χ1v) is 11.8. The van der Waals surface area contributed by atoms with Crippen LogP contribution in [0.3, 0.4) is 0 Å². The Labute approximate surface area is 214 Å². The van der Waals surface area contributed by atoms with Crippen molar-refractivity contribution in [2.75, 3.05) is 13.1 Å². The molecule has 2 atom stereocenters. The number of nitro benzene ring substituents is 1. The zero-order valence-corrected chi connectivity index (χ0v) is 21.8. The molecule has 0 aromatic heterocycles. The number of aliphatic carboxylic acids is 1. The molecule has 0 spiro atoms. The summed E-state index contributed by atoms with van der Waals surface area (Å²) in [6.45, 7) is 10.7. The highest BCUT2D eigenvalue weighted by Gasteiger charge is 2.35. The zero-order valence-electron chi connectivity index (χ0n) is 21.8. The van der Waals surface area contributed by atoms with Crippen molar-refractivity contribution in [3.05, 3.63) is 33.9 Å². The third-order valence-electron chi connectivity index (χ3n) is 5.57. The third kappa shape index (κ3) is 7.79. The molecular formula is C24H33N3O10. The fourth-order valence-electron chi connectivity index (χ4n) is 3.77. The number of hydrogen-bond donors (Lipinski definition) is 1. The highest BCUT2D eigenvalue weighted by atomic mass is 17.2. The minimum Gasteiger partial charge on any atom is -0.481 e. The predicted octanol–water partition coefficient (Wildman–Crippen LogP) is 3.40. The minimum absolute atomic E-state index is 0.00706. The summed E-state index contributed by atoms with van der Waals surface area (Å²) in [7, 11) is 0. The fourth-order valence-corrected chi connectivity index (χ4v) is 3.77. The van der Waals surface area contributed by atoms with Crippen LogP contribution in [0.5, 0.6) is 5.75 Å². The van der Waals surface area contributed by atoms with Gasteiger partial charge in [-0.2, -0.15) is 0 Å². The molecule has 13 nitrogen and oxygen atoms in total. The van der Waals surface area contributed by atoms with Crippen LogP contribution in [0.25, 0.3) is 0 Å². The number of nitrogens with zero attached hydrogens (tertiary/aromatic N) is 3. The smallest absolute Gasteiger partial charge is 0.410 e. The normalized spacial score (nSPS) is 16.5. The SMILES string of the molecule is CC(C(=O)O)C(=O)OOc1ccc(C(=O)N(C(C)C)[C@@H]2CCCN(C(=O)OC(C)(C)C)C2)cc1[N+](=O)[O-]. The summed E-state index contributed by atoms with van der Waals surface area (Å²) < 4.78 is 5.46. The molecule has 37 heavy (non-hydrogen) atoms. The van der Waals surface area contributed by atoms with Gasteiger partial charge in [0.05, 0.1) is 11.0 Å². The van der Waals surface area contributed by atoms with Crippen LogP contribution in [0, 0.1) is 16.0 Å². The highest BCUT2D eigenvalue weighted by molar-refractivity contribution is 5.96. The summed E-state index contributed by atoms with van der Waals surface area (Å²) in [6, 6.07) is 2.74. The largest absolute Gasteiger partial charge is 0.481 e. The van der Waals surface area contributed by atoms with E-state index in [2.05, 4.69) is 4.89 Å². The molecule has 0 radical (unpaired) electrons. The van der Waals surface area contributed by atoms with Gasteiger partial charge in [-0.15, -0.1) is 0 Å². The van der Waals surface area contributed by atoms with Crippen molar-refractivity contribution < 1.29 is 43.7 Å². The molecule has 2 rings (SSSR count). The molecule has 1 saturated heterocycles. The summed E-state index contributed by atoms with van der Waals surface area (Å²) in [6.07, 6.45) is 0.801. The summed E-state index contributed by atoms with van der Waals surface area (Å²) in [5.74, 6) is -5.21. The molecule has 1 aromatic rings. The van der Waals surface area contributed by atoms with E-state index in [0.29, 0.717) is 19.4 Å². The lowest BCUT2D eigenvalue weighted by Gasteiger charge is -2.41. The Morgan fingerprint density at radius 2 is 1.84 bits per heavy atom. The standard InChI is InChI=1S/C24H33N3O10/c1-14(2)26(17-8-7-11-25(13-17)23(32)35-24(4,5)6)20(28)16-9-10-19(18(12-16)27(33)34)36-37-22(31)15(3)21(29)30/h9-10,12,14-15,17H,7-8,11,13H2,1-6H3,(H,29,30)/t15?,17-/m1/s1. The first kappa shape index (κ1) is 29.3. The van der Waals surface area contributed by atoms with Crippen molar-refractivity contribution in [2.45, 2.75) is 72.1 Å². The van der Waals surface area contributed by atoms with Gasteiger partial charge in [0.25, 0.3) is 11.7 Å². The van der Waals surface area contributed by atoms with Gasteiger partial charge in [0.2, 0.25) is 0 Å². The number of nitro groups is 1. The summed E-state index contributed by atoms with van der Waals surface area (Å²) in [5.41, 5.74) is -1.32. The molecule has 204 valence electrons. The van der Waals surface area contributed by atoms with Gasteiger partial charge in [-0.3, -0.25) is 24.6 Å². The van der Waals surface area contributed by atoms with Crippen LogP contribution >= 0.6 is 0 Å². The fraction of sp³-hybridized carbons (Fsp3) is 0.583. The van der Waals surface area contributed by atoms with Crippen LogP contribution < -0.4 is 4.89 Å². The third-order valence-corrected chi connectivity index (χ3v) is 5.57. The average Bonchev–Trinajstić information content (AvgIpc) is 2.80. The highest BCUT2D eigenvalue weighted by Crippen LogP contribution is 2.30. The number of carboxylic acids is 1. The second kappa shape index (κ2) is 11.9. The molecule has 1 fully saturated rings. The van der Waals surface area contributed by atoms with E-state index in [4.69, 9.17) is 14.7 Å². The number of rotatable bonds is 8. The molecule has 0 aliphatic carbocycles. The van der Waals surface area contributed by atoms with Gasteiger partial charge in [0.15, 0.2) is 5.92 Å². The van der Waals surface area contributed by atoms with Crippen LogP contribution in [0.4, 0.5) is 10.5 Å². The number of piperidine rings is 1. The van der Waals surface area contributed by atoms with Gasteiger partial charge in [-0.05, 0) is 66.5 Å². The topological polar surface area (TPSA) is 166 Å². The van der Waals surface area contributed by atoms with Gasteiger partial charge in [0.1, 0.15) is 5.60 Å². The van der Waals surface area contributed by atoms with E-state index < -0.39 is 51.8 Å². The number of carbonyl (C=O) groups is 4. The number of carbonyl (C=O) groups excluding carboxylic acids is 3.